The minimum atomic E-state index is -4.57. The Morgan fingerprint density at radius 3 is 2.27 bits per heavy atom. The van der Waals surface area contributed by atoms with Gasteiger partial charge in [-0.2, -0.15) is 10.4 Å². The quantitative estimate of drug-likeness (QED) is 0.228. The van der Waals surface area contributed by atoms with Gasteiger partial charge in [0.15, 0.2) is 11.6 Å². The van der Waals surface area contributed by atoms with Gasteiger partial charge in [-0.05, 0) is 41.5 Å². The molecule has 1 aliphatic heterocycles. The number of aliphatic hydroxyl groups excluding tert-OH is 1. The Labute approximate surface area is 235 Å². The van der Waals surface area contributed by atoms with E-state index in [0.717, 1.165) is 16.9 Å². The molecule has 2 aromatic rings. The zero-order valence-electron chi connectivity index (χ0n) is 23.5. The number of carbonyl (C=O) groups is 2. The number of nitrogen functional groups attached to an aromatic ring is 1. The maximum Gasteiger partial charge on any atom is 0.480 e. The summed E-state index contributed by atoms with van der Waals surface area (Å²) >= 11 is 0. The molecule has 2 aromatic heterocycles. The summed E-state index contributed by atoms with van der Waals surface area (Å²) in [5, 5.41) is 24.8. The molecule has 0 aliphatic carbocycles. The second-order valence-corrected chi connectivity index (χ2v) is 12.9. The number of aromatic nitrogens is 3. The van der Waals surface area contributed by atoms with Gasteiger partial charge in [0.2, 0.25) is 19.2 Å². The minimum Gasteiger partial charge on any atom is -0.437 e. The van der Waals surface area contributed by atoms with E-state index in [1.54, 1.807) is 41.5 Å². The molecule has 1 aliphatic rings. The van der Waals surface area contributed by atoms with Crippen molar-refractivity contribution in [2.24, 2.45) is 10.8 Å². The van der Waals surface area contributed by atoms with Crippen molar-refractivity contribution in [2.75, 3.05) is 25.9 Å². The molecule has 17 heteroatoms. The number of halogens is 1. The van der Waals surface area contributed by atoms with Crippen LogP contribution >= 0.6 is 7.82 Å². The third-order valence-electron chi connectivity index (χ3n) is 5.84. The summed E-state index contributed by atoms with van der Waals surface area (Å²) in [6.07, 6.45) is -1.77. The van der Waals surface area contributed by atoms with Crippen molar-refractivity contribution >= 4 is 31.1 Å². The molecule has 41 heavy (non-hydrogen) atoms. The van der Waals surface area contributed by atoms with Crippen molar-refractivity contribution in [3.8, 4) is 6.07 Å². The molecule has 3 N–H and O–H groups in total. The first-order valence-corrected chi connectivity index (χ1v) is 13.8. The summed E-state index contributed by atoms with van der Waals surface area (Å²) in [4.78, 5) is 27.8. The number of phosphoric ester groups is 1. The van der Waals surface area contributed by atoms with E-state index in [1.807, 2.05) is 6.07 Å². The largest absolute Gasteiger partial charge is 0.480 e. The van der Waals surface area contributed by atoms with E-state index in [2.05, 4.69) is 10.1 Å². The lowest BCUT2D eigenvalue weighted by molar-refractivity contribution is -0.163. The molecule has 15 nitrogen and oxygen atoms in total. The molecule has 0 bridgehead atoms. The van der Waals surface area contributed by atoms with Gasteiger partial charge in [-0.25, -0.2) is 27.5 Å². The van der Waals surface area contributed by atoms with Gasteiger partial charge in [-0.15, -0.1) is 0 Å². The Hall–Kier alpha value is -3.19. The summed E-state index contributed by atoms with van der Waals surface area (Å²) in [5.74, 6) is -2.37. The van der Waals surface area contributed by atoms with Crippen LogP contribution in [0.5, 0.6) is 0 Å². The van der Waals surface area contributed by atoms with Gasteiger partial charge in [0, 0.05) is 12.5 Å². The van der Waals surface area contributed by atoms with E-state index in [9.17, 15) is 28.9 Å². The average molecular weight is 602 g/mol. The van der Waals surface area contributed by atoms with Crippen LogP contribution in [0.4, 0.5) is 10.2 Å². The second kappa shape index (κ2) is 12.0. The van der Waals surface area contributed by atoms with Crippen LogP contribution in [0.25, 0.3) is 5.52 Å². The predicted octanol–water partition coefficient (Wildman–Crippen LogP) is 2.57. The molecule has 3 rings (SSSR count). The Kier molecular flexibility index (Phi) is 9.43. The normalized spacial score (nSPS) is 21.5. The number of nitriles is 1. The zero-order chi connectivity index (χ0) is 30.8. The molecular weight excluding hydrogens is 568 g/mol. The van der Waals surface area contributed by atoms with Crippen LogP contribution < -0.4 is 5.73 Å². The maximum absolute atomic E-state index is 14.7. The highest BCUT2D eigenvalue weighted by molar-refractivity contribution is 7.48. The number of phosphoric acid groups is 1. The van der Waals surface area contributed by atoms with Crippen LogP contribution in [-0.2, 0) is 47.5 Å². The van der Waals surface area contributed by atoms with Crippen molar-refractivity contribution in [1.82, 2.24) is 14.6 Å². The number of hydrogen-bond donors (Lipinski definition) is 2. The highest BCUT2D eigenvalue weighted by Gasteiger charge is 2.53. The van der Waals surface area contributed by atoms with Gasteiger partial charge < -0.3 is 25.1 Å². The van der Waals surface area contributed by atoms with Crippen LogP contribution in [0.1, 0.15) is 53.7 Å². The highest BCUT2D eigenvalue weighted by Crippen LogP contribution is 2.51. The molecule has 3 atom stereocenters. The molecule has 0 aromatic carbocycles. The predicted molar refractivity (Wildman–Crippen MR) is 137 cm³/mol. The smallest absolute Gasteiger partial charge is 0.437 e. The van der Waals surface area contributed by atoms with Gasteiger partial charge in [-0.3, -0.25) is 14.1 Å². The lowest BCUT2D eigenvalue weighted by Gasteiger charge is -2.25. The maximum atomic E-state index is 14.7. The molecule has 1 fully saturated rings. The number of ether oxygens (including phenoxy) is 3. The minimum absolute atomic E-state index is 0.157. The van der Waals surface area contributed by atoms with Crippen molar-refractivity contribution in [3.63, 3.8) is 0 Å². The first-order valence-electron chi connectivity index (χ1n) is 12.4. The standard InChI is InChI=1S/C24H33FN5O10P/c1-22(2,3)20(32)35-12-38-41(34,39-13-36-21(33)23(4,5)6)37-9-14-7-17(31)24(10-26,40-14)16-8-15(25)18-19(27)28-11-29-30(16)18/h8,11,14,17,31H,7,9,12-13H2,1-6H3,(H2,27,28,29)/t14-,17+,24-/m0/s1. The van der Waals surface area contributed by atoms with Crippen molar-refractivity contribution in [3.05, 3.63) is 23.9 Å². The van der Waals surface area contributed by atoms with E-state index in [4.69, 9.17) is 33.5 Å². The lowest BCUT2D eigenvalue weighted by Crippen LogP contribution is -2.36. The molecule has 0 radical (unpaired) electrons. The van der Waals surface area contributed by atoms with Gasteiger partial charge in [0.05, 0.1) is 29.2 Å². The van der Waals surface area contributed by atoms with Crippen molar-refractivity contribution < 1.29 is 51.4 Å². The fraction of sp³-hybridized carbons (Fsp3) is 0.625. The molecule has 0 spiro atoms. The number of nitrogens with two attached hydrogens (primary N) is 1. The Balaban J connectivity index is 1.76. The number of aliphatic hydroxyl groups is 1. The first kappa shape index (κ1) is 32.3. The van der Waals surface area contributed by atoms with Crippen molar-refractivity contribution in [2.45, 2.75) is 65.8 Å². The first-order chi connectivity index (χ1) is 18.9. The topological polar surface area (TPSA) is 207 Å². The molecule has 0 amide bonds. The number of nitrogens with zero attached hydrogens (tertiary/aromatic N) is 4. The third kappa shape index (κ3) is 7.18. The SMILES string of the molecule is CC(C)(C)C(=O)OCOP(=O)(OCOC(=O)C(C)(C)C)OC[C@@H]1C[C@@H](O)[C@](C#N)(c2cc(F)c3c(N)ncnn23)O1. The van der Waals surface area contributed by atoms with Crippen LogP contribution in [0.15, 0.2) is 12.4 Å². The van der Waals surface area contributed by atoms with Crippen LogP contribution in [0.3, 0.4) is 0 Å². The van der Waals surface area contributed by atoms with Gasteiger partial charge >= 0.3 is 19.8 Å². The van der Waals surface area contributed by atoms with Crippen LogP contribution in [-0.4, -0.2) is 64.0 Å². The summed E-state index contributed by atoms with van der Waals surface area (Å²) in [6.45, 7) is 7.35. The van der Waals surface area contributed by atoms with E-state index in [0.29, 0.717) is 0 Å². The Morgan fingerprint density at radius 1 is 1.20 bits per heavy atom. The fourth-order valence-corrected chi connectivity index (χ4v) is 4.53. The fourth-order valence-electron chi connectivity index (χ4n) is 3.59. The monoisotopic (exact) mass is 601 g/mol. The van der Waals surface area contributed by atoms with Gasteiger partial charge in [-0.1, -0.05) is 0 Å². The van der Waals surface area contributed by atoms with E-state index in [-0.39, 0.29) is 23.4 Å². The number of rotatable bonds is 10. The lowest BCUT2D eigenvalue weighted by atomic mass is 9.94. The van der Waals surface area contributed by atoms with Crippen LogP contribution in [0.2, 0.25) is 0 Å². The molecule has 226 valence electrons. The van der Waals surface area contributed by atoms with E-state index in [1.165, 1.54) is 0 Å². The molecule has 0 saturated carbocycles. The number of carbonyl (C=O) groups excluding carboxylic acids is 2. The summed E-state index contributed by atoms with van der Waals surface area (Å²) < 4.78 is 60.2. The Morgan fingerprint density at radius 2 is 1.76 bits per heavy atom. The number of fused-ring (bicyclic) bond motifs is 1. The van der Waals surface area contributed by atoms with E-state index >= 15 is 0 Å². The van der Waals surface area contributed by atoms with Crippen molar-refractivity contribution in [1.29, 1.82) is 5.26 Å². The van der Waals surface area contributed by atoms with Gasteiger partial charge in [0.1, 0.15) is 24.0 Å². The summed E-state index contributed by atoms with van der Waals surface area (Å²) in [6, 6.07) is 2.80. The van der Waals surface area contributed by atoms with E-state index < -0.39 is 74.4 Å². The molecule has 3 heterocycles. The highest BCUT2D eigenvalue weighted by atomic mass is 31.2. The van der Waals surface area contributed by atoms with Crippen LogP contribution in [0, 0.1) is 28.0 Å². The average Bonchev–Trinajstić information content (AvgIpc) is 3.39. The Bertz CT molecular complexity index is 1350. The summed E-state index contributed by atoms with van der Waals surface area (Å²) in [5.41, 5.74) is 1.48. The number of esters is 2. The molecule has 1 saturated heterocycles. The zero-order valence-corrected chi connectivity index (χ0v) is 24.3. The molecular formula is C24H33FN5O10P. The number of anilines is 1. The van der Waals surface area contributed by atoms with Gasteiger partial charge in [0.25, 0.3) is 0 Å². The summed E-state index contributed by atoms with van der Waals surface area (Å²) in [7, 11) is -4.57. The second-order valence-electron chi connectivity index (χ2n) is 11.2. The third-order valence-corrected chi connectivity index (χ3v) is 7.14. The molecule has 0 unspecified atom stereocenters. The number of hydrogen-bond acceptors (Lipinski definition) is 14.